The minimum atomic E-state index is -0.699. The molecular formula is C12H6Br2F2OS. The zero-order valence-electron chi connectivity index (χ0n) is 8.84. The number of ketones is 1. The molecule has 0 atom stereocenters. The van der Waals surface area contributed by atoms with Crippen LogP contribution in [0, 0.1) is 11.6 Å². The van der Waals surface area contributed by atoms with Crippen LogP contribution in [-0.4, -0.2) is 5.78 Å². The first kappa shape index (κ1) is 13.8. The number of carbonyl (C=O) groups excluding carboxylic acids is 1. The van der Waals surface area contributed by atoms with Gasteiger partial charge in [-0.1, -0.05) is 6.07 Å². The third kappa shape index (κ3) is 2.70. The van der Waals surface area contributed by atoms with Crippen LogP contribution in [0.1, 0.15) is 15.2 Å². The highest BCUT2D eigenvalue weighted by Gasteiger charge is 2.19. The second kappa shape index (κ2) is 5.59. The minimum absolute atomic E-state index is 0.195. The molecule has 0 amide bonds. The predicted octanol–water partition coefficient (Wildman–Crippen LogP) is 4.98. The molecule has 1 aromatic carbocycles. The Kier molecular flexibility index (Phi) is 4.29. The molecule has 0 aliphatic heterocycles. The van der Waals surface area contributed by atoms with Gasteiger partial charge in [0, 0.05) is 21.8 Å². The summed E-state index contributed by atoms with van der Waals surface area (Å²) in [4.78, 5) is 12.4. The van der Waals surface area contributed by atoms with Gasteiger partial charge in [0.15, 0.2) is 5.78 Å². The SMILES string of the molecule is O=C(Cc1c(F)cccc1F)c1scc(Br)c1Br. The van der Waals surface area contributed by atoms with Crippen molar-refractivity contribution in [2.75, 3.05) is 0 Å². The van der Waals surface area contributed by atoms with E-state index in [4.69, 9.17) is 0 Å². The Labute approximate surface area is 123 Å². The molecule has 0 spiro atoms. The van der Waals surface area contributed by atoms with E-state index in [0.717, 1.165) is 16.6 Å². The summed E-state index contributed by atoms with van der Waals surface area (Å²) < 4.78 is 28.2. The number of hydrogen-bond donors (Lipinski definition) is 0. The number of halogens is 4. The Hall–Kier alpha value is -0.590. The number of hydrogen-bond acceptors (Lipinski definition) is 2. The standard InChI is InChI=1S/C12H6Br2F2OS/c13-7-5-18-12(11(7)14)10(17)4-6-8(15)2-1-3-9(6)16/h1-3,5H,4H2. The molecule has 1 heterocycles. The number of carbonyl (C=O) groups is 1. The summed E-state index contributed by atoms with van der Waals surface area (Å²) in [5, 5.41) is 1.75. The first-order valence-corrected chi connectivity index (χ1v) is 7.36. The lowest BCUT2D eigenvalue weighted by molar-refractivity contribution is 0.0993. The molecule has 0 aliphatic rings. The van der Waals surface area contributed by atoms with Crippen LogP contribution in [0.25, 0.3) is 0 Å². The zero-order valence-corrected chi connectivity index (χ0v) is 12.8. The molecule has 0 N–H and O–H groups in total. The summed E-state index contributed by atoms with van der Waals surface area (Å²) in [6.45, 7) is 0. The van der Waals surface area contributed by atoms with Crippen molar-refractivity contribution in [3.8, 4) is 0 Å². The maximum atomic E-state index is 13.4. The fraction of sp³-hybridized carbons (Fsp3) is 0.0833. The first-order chi connectivity index (χ1) is 8.50. The van der Waals surface area contributed by atoms with Crippen molar-refractivity contribution < 1.29 is 13.6 Å². The molecule has 0 fully saturated rings. The van der Waals surface area contributed by atoms with Gasteiger partial charge in [-0.2, -0.15) is 0 Å². The van der Waals surface area contributed by atoms with Crippen molar-refractivity contribution in [3.63, 3.8) is 0 Å². The van der Waals surface area contributed by atoms with Crippen molar-refractivity contribution in [1.82, 2.24) is 0 Å². The lowest BCUT2D eigenvalue weighted by atomic mass is 10.1. The minimum Gasteiger partial charge on any atom is -0.293 e. The number of rotatable bonds is 3. The fourth-order valence-corrected chi connectivity index (χ4v) is 3.59. The summed E-state index contributed by atoms with van der Waals surface area (Å²) in [5.41, 5.74) is -0.195. The van der Waals surface area contributed by atoms with Crippen LogP contribution in [-0.2, 0) is 6.42 Å². The largest absolute Gasteiger partial charge is 0.293 e. The van der Waals surface area contributed by atoms with Crippen LogP contribution in [0.2, 0.25) is 0 Å². The fourth-order valence-electron chi connectivity index (χ4n) is 1.45. The molecule has 94 valence electrons. The van der Waals surface area contributed by atoms with E-state index in [2.05, 4.69) is 31.9 Å². The zero-order chi connectivity index (χ0) is 13.3. The Balaban J connectivity index is 2.30. The smallest absolute Gasteiger partial charge is 0.178 e. The normalized spacial score (nSPS) is 10.7. The number of benzene rings is 1. The van der Waals surface area contributed by atoms with Crippen LogP contribution >= 0.6 is 43.2 Å². The third-order valence-corrected chi connectivity index (χ3v) is 5.91. The van der Waals surface area contributed by atoms with E-state index >= 15 is 0 Å². The molecule has 0 aliphatic carbocycles. The van der Waals surface area contributed by atoms with Crippen LogP contribution in [0.3, 0.4) is 0 Å². The van der Waals surface area contributed by atoms with Gasteiger partial charge in [0.25, 0.3) is 0 Å². The van der Waals surface area contributed by atoms with Crippen molar-refractivity contribution >= 4 is 49.0 Å². The molecule has 0 bridgehead atoms. The summed E-state index contributed by atoms with van der Waals surface area (Å²) in [5.74, 6) is -1.72. The van der Waals surface area contributed by atoms with E-state index in [1.807, 2.05) is 0 Å². The summed E-state index contributed by atoms with van der Waals surface area (Å²) in [6.07, 6.45) is -0.288. The van der Waals surface area contributed by atoms with Gasteiger partial charge in [-0.05, 0) is 44.0 Å². The molecular weight excluding hydrogens is 390 g/mol. The molecule has 2 aromatic rings. The van der Waals surface area contributed by atoms with Gasteiger partial charge in [-0.15, -0.1) is 11.3 Å². The molecule has 0 unspecified atom stereocenters. The highest BCUT2D eigenvalue weighted by atomic mass is 79.9. The lowest BCUT2D eigenvalue weighted by Crippen LogP contribution is -2.06. The van der Waals surface area contributed by atoms with E-state index in [-0.39, 0.29) is 17.8 Å². The van der Waals surface area contributed by atoms with Crippen LogP contribution < -0.4 is 0 Å². The Morgan fingerprint density at radius 3 is 2.33 bits per heavy atom. The van der Waals surface area contributed by atoms with Gasteiger partial charge in [0.2, 0.25) is 0 Å². The van der Waals surface area contributed by atoms with Crippen LogP contribution in [0.4, 0.5) is 8.78 Å². The average molecular weight is 396 g/mol. The Morgan fingerprint density at radius 2 is 1.83 bits per heavy atom. The van der Waals surface area contributed by atoms with Crippen molar-refractivity contribution in [2.45, 2.75) is 6.42 Å². The second-order valence-electron chi connectivity index (χ2n) is 3.53. The van der Waals surface area contributed by atoms with E-state index < -0.39 is 11.6 Å². The molecule has 0 saturated heterocycles. The number of Topliss-reactive ketones (excluding diaryl/α,β-unsaturated/α-hetero) is 1. The van der Waals surface area contributed by atoms with E-state index in [1.54, 1.807) is 5.38 Å². The Morgan fingerprint density at radius 1 is 1.22 bits per heavy atom. The maximum absolute atomic E-state index is 13.4. The topological polar surface area (TPSA) is 17.1 Å². The van der Waals surface area contributed by atoms with E-state index in [9.17, 15) is 13.6 Å². The van der Waals surface area contributed by atoms with Gasteiger partial charge in [-0.3, -0.25) is 4.79 Å². The summed E-state index contributed by atoms with van der Waals surface area (Å²) in [7, 11) is 0. The lowest BCUT2D eigenvalue weighted by Gasteiger charge is -2.03. The van der Waals surface area contributed by atoms with Crippen molar-refractivity contribution in [1.29, 1.82) is 0 Å². The molecule has 0 saturated carbocycles. The molecule has 18 heavy (non-hydrogen) atoms. The predicted molar refractivity (Wildman–Crippen MR) is 74.1 cm³/mol. The molecule has 1 aromatic heterocycles. The van der Waals surface area contributed by atoms with Crippen LogP contribution in [0.5, 0.6) is 0 Å². The van der Waals surface area contributed by atoms with E-state index in [1.165, 1.54) is 17.4 Å². The summed E-state index contributed by atoms with van der Waals surface area (Å²) in [6, 6.07) is 3.56. The summed E-state index contributed by atoms with van der Waals surface area (Å²) >= 11 is 7.75. The van der Waals surface area contributed by atoms with Gasteiger partial charge < -0.3 is 0 Å². The van der Waals surface area contributed by atoms with Crippen LogP contribution in [0.15, 0.2) is 32.5 Å². The van der Waals surface area contributed by atoms with Gasteiger partial charge in [0.1, 0.15) is 11.6 Å². The van der Waals surface area contributed by atoms with Gasteiger partial charge in [0.05, 0.1) is 9.35 Å². The van der Waals surface area contributed by atoms with Gasteiger partial charge >= 0.3 is 0 Å². The number of thiophene rings is 1. The molecule has 6 heteroatoms. The molecule has 2 rings (SSSR count). The third-order valence-electron chi connectivity index (χ3n) is 2.34. The Bertz CT molecular complexity index is 590. The van der Waals surface area contributed by atoms with Crippen molar-refractivity contribution in [2.24, 2.45) is 0 Å². The quantitative estimate of drug-likeness (QED) is 0.670. The first-order valence-electron chi connectivity index (χ1n) is 4.89. The second-order valence-corrected chi connectivity index (χ2v) is 6.05. The monoisotopic (exact) mass is 394 g/mol. The highest BCUT2D eigenvalue weighted by Crippen LogP contribution is 2.33. The van der Waals surface area contributed by atoms with Gasteiger partial charge in [-0.25, -0.2) is 8.78 Å². The maximum Gasteiger partial charge on any atom is 0.178 e. The average Bonchev–Trinajstić information content (AvgIpc) is 2.65. The van der Waals surface area contributed by atoms with E-state index in [0.29, 0.717) is 9.35 Å². The molecule has 0 radical (unpaired) electrons. The van der Waals surface area contributed by atoms with Crippen molar-refractivity contribution in [3.05, 3.63) is 54.6 Å². The highest BCUT2D eigenvalue weighted by molar-refractivity contribution is 9.13. The molecule has 1 nitrogen and oxygen atoms in total.